The van der Waals surface area contributed by atoms with E-state index in [1.807, 2.05) is 0 Å². The fraction of sp³-hybridized carbons (Fsp3) is 0.929. The van der Waals surface area contributed by atoms with E-state index in [0.717, 1.165) is 6.42 Å². The second-order valence-electron chi connectivity index (χ2n) is 5.81. The fourth-order valence-electron chi connectivity index (χ4n) is 1.80. The minimum absolute atomic E-state index is 0.00940. The summed E-state index contributed by atoms with van der Waals surface area (Å²) in [5.41, 5.74) is 0. The summed E-state index contributed by atoms with van der Waals surface area (Å²) in [5, 5.41) is 0. The molecule has 0 aromatic carbocycles. The van der Waals surface area contributed by atoms with Gasteiger partial charge in [0.15, 0.2) is 0 Å². The molecule has 0 heterocycles. The van der Waals surface area contributed by atoms with Gasteiger partial charge < -0.3 is 4.43 Å². The van der Waals surface area contributed by atoms with Gasteiger partial charge >= 0.3 is 0 Å². The van der Waals surface area contributed by atoms with Crippen molar-refractivity contribution in [1.29, 1.82) is 0 Å². The lowest BCUT2D eigenvalue weighted by atomic mass is 10.1. The number of hydrogen-bond donors (Lipinski definition) is 0. The van der Waals surface area contributed by atoms with Crippen LogP contribution in [0.15, 0.2) is 0 Å². The van der Waals surface area contributed by atoms with E-state index in [1.54, 1.807) is 0 Å². The van der Waals surface area contributed by atoms with Crippen molar-refractivity contribution in [2.24, 2.45) is 0 Å². The topological polar surface area (TPSA) is 26.3 Å². The first kappa shape index (κ1) is 16.7. The Hall–Kier alpha value is -0.313. The number of carbonyl (C=O) groups excluding carboxylic acids is 1. The maximum Gasteiger partial charge on any atom is 0.292 e. The Morgan fingerprint density at radius 2 is 1.35 bits per heavy atom. The third kappa shape index (κ3) is 13.6. The summed E-state index contributed by atoms with van der Waals surface area (Å²) in [6, 6.07) is 0. The fourth-order valence-corrected chi connectivity index (χ4v) is 2.58. The van der Waals surface area contributed by atoms with Crippen molar-refractivity contribution in [3.05, 3.63) is 0 Å². The molecule has 0 unspecified atom stereocenters. The van der Waals surface area contributed by atoms with Crippen LogP contribution >= 0.6 is 0 Å². The smallest absolute Gasteiger partial charge is 0.292 e. The minimum Gasteiger partial charge on any atom is -0.520 e. The van der Waals surface area contributed by atoms with E-state index in [9.17, 15) is 4.79 Å². The molecule has 0 fully saturated rings. The van der Waals surface area contributed by atoms with Gasteiger partial charge in [-0.15, -0.1) is 0 Å². The van der Waals surface area contributed by atoms with Crippen molar-refractivity contribution in [3.8, 4) is 0 Å². The highest BCUT2D eigenvalue weighted by Crippen LogP contribution is 2.11. The first-order valence-corrected chi connectivity index (χ1v) is 10.6. The molecule has 0 aromatic heterocycles. The van der Waals surface area contributed by atoms with Crippen molar-refractivity contribution >= 4 is 14.3 Å². The predicted octanol–water partition coefficient (Wildman–Crippen LogP) is 4.90. The lowest BCUT2D eigenvalue weighted by Crippen LogP contribution is -2.28. The van der Waals surface area contributed by atoms with Gasteiger partial charge in [0.1, 0.15) is 0 Å². The zero-order valence-corrected chi connectivity index (χ0v) is 13.2. The van der Waals surface area contributed by atoms with Crippen molar-refractivity contribution in [3.63, 3.8) is 0 Å². The van der Waals surface area contributed by atoms with Gasteiger partial charge in [-0.2, -0.15) is 0 Å². The molecule has 0 saturated heterocycles. The average Bonchev–Trinajstić information content (AvgIpc) is 2.19. The molecule has 0 aromatic rings. The molecule has 0 aliphatic carbocycles. The Morgan fingerprint density at radius 1 is 0.882 bits per heavy atom. The van der Waals surface area contributed by atoms with E-state index in [2.05, 4.69) is 26.6 Å². The van der Waals surface area contributed by atoms with Crippen LogP contribution in [-0.2, 0) is 9.22 Å². The number of carbonyl (C=O) groups is 1. The summed E-state index contributed by atoms with van der Waals surface area (Å²) in [5.74, 6) is 0.00940. The van der Waals surface area contributed by atoms with Gasteiger partial charge in [-0.25, -0.2) is 0 Å². The van der Waals surface area contributed by atoms with Crippen LogP contribution in [0.25, 0.3) is 0 Å². The third-order valence-electron chi connectivity index (χ3n) is 2.65. The molecule has 2 nitrogen and oxygen atoms in total. The molecule has 3 heteroatoms. The van der Waals surface area contributed by atoms with E-state index in [0.29, 0.717) is 6.42 Å². The van der Waals surface area contributed by atoms with Crippen molar-refractivity contribution < 1.29 is 9.22 Å². The second-order valence-corrected chi connectivity index (χ2v) is 10.2. The van der Waals surface area contributed by atoms with Crippen LogP contribution in [0.1, 0.15) is 64.7 Å². The predicted molar refractivity (Wildman–Crippen MR) is 76.7 cm³/mol. The summed E-state index contributed by atoms with van der Waals surface area (Å²) >= 11 is 0. The zero-order valence-electron chi connectivity index (χ0n) is 12.2. The van der Waals surface area contributed by atoms with Gasteiger partial charge in [0.25, 0.3) is 5.97 Å². The quantitative estimate of drug-likeness (QED) is 0.412. The lowest BCUT2D eigenvalue weighted by molar-refractivity contribution is -0.135. The molecular formula is C14H30O2Si. The SMILES string of the molecule is CCCCCCCCCCC(=O)O[Si](C)(C)C. The van der Waals surface area contributed by atoms with Gasteiger partial charge in [-0.05, 0) is 26.1 Å². The monoisotopic (exact) mass is 258 g/mol. The first-order valence-electron chi connectivity index (χ1n) is 7.17. The highest BCUT2D eigenvalue weighted by Gasteiger charge is 2.19. The summed E-state index contributed by atoms with van der Waals surface area (Å²) < 4.78 is 5.40. The molecule has 0 rings (SSSR count). The number of hydrogen-bond acceptors (Lipinski definition) is 2. The number of unbranched alkanes of at least 4 members (excludes halogenated alkanes) is 7. The normalized spacial score (nSPS) is 11.5. The summed E-state index contributed by atoms with van der Waals surface area (Å²) in [6.07, 6.45) is 10.8. The highest BCUT2D eigenvalue weighted by atomic mass is 28.4. The molecule has 0 N–H and O–H groups in total. The second kappa shape index (κ2) is 9.69. The Labute approximate surface area is 108 Å². The van der Waals surface area contributed by atoms with Crippen LogP contribution < -0.4 is 0 Å². The molecule has 0 saturated carbocycles. The van der Waals surface area contributed by atoms with Gasteiger partial charge in [0.2, 0.25) is 8.32 Å². The van der Waals surface area contributed by atoms with Crippen LogP contribution in [0.3, 0.4) is 0 Å². The molecule has 0 spiro atoms. The summed E-state index contributed by atoms with van der Waals surface area (Å²) in [6.45, 7) is 8.40. The van der Waals surface area contributed by atoms with Crippen LogP contribution in [0, 0.1) is 0 Å². The lowest BCUT2D eigenvalue weighted by Gasteiger charge is -2.17. The van der Waals surface area contributed by atoms with Gasteiger partial charge in [0.05, 0.1) is 0 Å². The molecule has 102 valence electrons. The van der Waals surface area contributed by atoms with Crippen LogP contribution in [0.5, 0.6) is 0 Å². The summed E-state index contributed by atoms with van der Waals surface area (Å²) in [7, 11) is -1.66. The van der Waals surface area contributed by atoms with E-state index in [4.69, 9.17) is 4.43 Å². The largest absolute Gasteiger partial charge is 0.520 e. The molecule has 0 aliphatic rings. The maximum absolute atomic E-state index is 11.4. The molecule has 0 aliphatic heterocycles. The van der Waals surface area contributed by atoms with Crippen LogP contribution in [-0.4, -0.2) is 14.3 Å². The molecule has 0 radical (unpaired) electrons. The van der Waals surface area contributed by atoms with E-state index >= 15 is 0 Å². The molecular weight excluding hydrogens is 228 g/mol. The Bertz CT molecular complexity index is 197. The average molecular weight is 258 g/mol. The minimum atomic E-state index is -1.66. The Balaban J connectivity index is 3.25. The molecule has 17 heavy (non-hydrogen) atoms. The molecule has 0 atom stereocenters. The Morgan fingerprint density at radius 3 is 1.82 bits per heavy atom. The van der Waals surface area contributed by atoms with Crippen molar-refractivity contribution in [1.82, 2.24) is 0 Å². The summed E-state index contributed by atoms with van der Waals surface area (Å²) in [4.78, 5) is 11.4. The highest BCUT2D eigenvalue weighted by molar-refractivity contribution is 6.71. The van der Waals surface area contributed by atoms with Crippen molar-refractivity contribution in [2.75, 3.05) is 0 Å². The van der Waals surface area contributed by atoms with E-state index in [1.165, 1.54) is 44.9 Å². The molecule has 0 bridgehead atoms. The van der Waals surface area contributed by atoms with E-state index in [-0.39, 0.29) is 5.97 Å². The van der Waals surface area contributed by atoms with Crippen LogP contribution in [0.4, 0.5) is 0 Å². The molecule has 0 amide bonds. The zero-order chi connectivity index (χ0) is 13.1. The van der Waals surface area contributed by atoms with Gasteiger partial charge in [0, 0.05) is 6.42 Å². The standard InChI is InChI=1S/C14H30O2Si/c1-5-6-7-8-9-10-11-12-13-14(15)16-17(2,3)4/h5-13H2,1-4H3. The van der Waals surface area contributed by atoms with Crippen LogP contribution in [0.2, 0.25) is 19.6 Å². The van der Waals surface area contributed by atoms with E-state index < -0.39 is 8.32 Å². The maximum atomic E-state index is 11.4. The van der Waals surface area contributed by atoms with Gasteiger partial charge in [-0.3, -0.25) is 4.79 Å². The van der Waals surface area contributed by atoms with Gasteiger partial charge in [-0.1, -0.05) is 51.9 Å². The first-order chi connectivity index (χ1) is 7.95. The number of rotatable bonds is 10. The van der Waals surface area contributed by atoms with Crippen molar-refractivity contribution in [2.45, 2.75) is 84.4 Å². The Kier molecular flexibility index (Phi) is 9.51. The third-order valence-corrected chi connectivity index (χ3v) is 3.49.